The summed E-state index contributed by atoms with van der Waals surface area (Å²) in [5, 5.41) is 9.30. The number of nitrogens with zero attached hydrogens (tertiary/aromatic N) is 1. The zero-order valence-corrected chi connectivity index (χ0v) is 14.3. The largest absolute Gasteiger partial charge is 0.465 e. The monoisotopic (exact) mass is 334 g/mol. The van der Waals surface area contributed by atoms with E-state index in [2.05, 4.69) is 4.98 Å². The lowest BCUT2D eigenvalue weighted by Gasteiger charge is -2.00. The van der Waals surface area contributed by atoms with Crippen LogP contribution in [0.15, 0.2) is 48.1 Å². The van der Waals surface area contributed by atoms with Gasteiger partial charge in [0.1, 0.15) is 11.6 Å². The predicted molar refractivity (Wildman–Crippen MR) is 95.1 cm³/mol. The van der Waals surface area contributed by atoms with Crippen LogP contribution in [0.25, 0.3) is 6.08 Å². The van der Waals surface area contributed by atoms with Gasteiger partial charge in [0.15, 0.2) is 0 Å². The van der Waals surface area contributed by atoms with Crippen molar-refractivity contribution < 1.29 is 14.3 Å². The molecule has 2 rings (SSSR count). The molecule has 5 heteroatoms. The molecule has 0 bridgehead atoms. The lowest BCUT2D eigenvalue weighted by molar-refractivity contribution is 0.0599. The fraction of sp³-hybridized carbons (Fsp3) is 0.150. The van der Waals surface area contributed by atoms with Crippen LogP contribution in [0.5, 0.6) is 0 Å². The molecule has 1 heterocycles. The second kappa shape index (κ2) is 7.93. The summed E-state index contributed by atoms with van der Waals surface area (Å²) >= 11 is 0. The average Bonchev–Trinajstić information content (AvgIpc) is 2.93. The van der Waals surface area contributed by atoms with Crippen LogP contribution < -0.4 is 0 Å². The quantitative estimate of drug-likeness (QED) is 0.297. The molecule has 1 aromatic heterocycles. The van der Waals surface area contributed by atoms with Crippen molar-refractivity contribution in [2.24, 2.45) is 0 Å². The molecule has 0 atom stereocenters. The zero-order chi connectivity index (χ0) is 18.4. The number of carbonyl (C=O) groups is 2. The highest BCUT2D eigenvalue weighted by atomic mass is 16.5. The van der Waals surface area contributed by atoms with E-state index in [9.17, 15) is 14.9 Å². The van der Waals surface area contributed by atoms with Crippen LogP contribution >= 0.6 is 0 Å². The number of esters is 1. The van der Waals surface area contributed by atoms with Gasteiger partial charge in [0, 0.05) is 5.69 Å². The first-order valence-electron chi connectivity index (χ1n) is 7.65. The van der Waals surface area contributed by atoms with E-state index in [1.807, 2.05) is 36.4 Å². The number of hydrogen-bond donors (Lipinski definition) is 1. The minimum Gasteiger partial charge on any atom is -0.465 e. The molecule has 0 fully saturated rings. The Morgan fingerprint density at radius 1 is 1.20 bits per heavy atom. The number of rotatable bonds is 5. The van der Waals surface area contributed by atoms with Crippen molar-refractivity contribution in [2.75, 3.05) is 7.11 Å². The van der Waals surface area contributed by atoms with Gasteiger partial charge in [0.25, 0.3) is 0 Å². The molecule has 5 nitrogen and oxygen atoms in total. The highest BCUT2D eigenvalue weighted by molar-refractivity contribution is 6.12. The molecular weight excluding hydrogens is 316 g/mol. The summed E-state index contributed by atoms with van der Waals surface area (Å²) < 4.78 is 4.73. The molecule has 0 amide bonds. The standard InChI is InChI=1S/C20H18N2O3/c1-13-17(20(24)25-3)14(2)22-18(13)19(23)16(12-21)11-7-10-15-8-5-4-6-9-15/h4-11,22H,1-3H3. The maximum absolute atomic E-state index is 12.6. The SMILES string of the molecule is COC(=O)c1c(C)[nH]c(C(=O)C(C#N)=CC=Cc2ccccc2)c1C. The van der Waals surface area contributed by atoms with E-state index >= 15 is 0 Å². The van der Waals surface area contributed by atoms with E-state index in [1.165, 1.54) is 13.2 Å². The number of ketones is 1. The van der Waals surface area contributed by atoms with Gasteiger partial charge in [0.05, 0.1) is 18.4 Å². The van der Waals surface area contributed by atoms with Crippen molar-refractivity contribution >= 4 is 17.8 Å². The number of aromatic amines is 1. The molecular formula is C20H18N2O3. The average molecular weight is 334 g/mol. The smallest absolute Gasteiger partial charge is 0.339 e. The Bertz CT molecular complexity index is 897. The van der Waals surface area contributed by atoms with Crippen LogP contribution in [0.2, 0.25) is 0 Å². The molecule has 126 valence electrons. The third kappa shape index (κ3) is 3.93. The van der Waals surface area contributed by atoms with Gasteiger partial charge in [-0.2, -0.15) is 5.26 Å². The fourth-order valence-electron chi connectivity index (χ4n) is 2.50. The van der Waals surface area contributed by atoms with Crippen LogP contribution in [-0.2, 0) is 4.74 Å². The molecule has 0 radical (unpaired) electrons. The summed E-state index contributed by atoms with van der Waals surface area (Å²) in [4.78, 5) is 27.3. The first kappa shape index (κ1) is 18.0. The first-order valence-corrected chi connectivity index (χ1v) is 7.65. The van der Waals surface area contributed by atoms with Crippen molar-refractivity contribution in [1.82, 2.24) is 4.98 Å². The number of nitrogens with one attached hydrogen (secondary N) is 1. The molecule has 0 aliphatic rings. The summed E-state index contributed by atoms with van der Waals surface area (Å²) in [5.74, 6) is -0.979. The number of Topliss-reactive ketones (excluding diaryl/α,β-unsaturated/α-hetero) is 1. The Kier molecular flexibility index (Phi) is 5.70. The molecule has 2 aromatic rings. The number of H-pyrrole nitrogens is 1. The molecule has 1 N–H and O–H groups in total. The number of ether oxygens (including phenoxy) is 1. The highest BCUT2D eigenvalue weighted by Gasteiger charge is 2.24. The van der Waals surface area contributed by atoms with Crippen molar-refractivity contribution in [3.05, 3.63) is 76.1 Å². The Labute approximate surface area is 146 Å². The Hall–Kier alpha value is -3.39. The summed E-state index contributed by atoms with van der Waals surface area (Å²) in [6.07, 6.45) is 4.91. The van der Waals surface area contributed by atoms with E-state index in [0.717, 1.165) is 5.56 Å². The highest BCUT2D eigenvalue weighted by Crippen LogP contribution is 2.21. The second-order valence-corrected chi connectivity index (χ2v) is 5.41. The molecule has 0 saturated heterocycles. The Morgan fingerprint density at radius 3 is 2.48 bits per heavy atom. The molecule has 1 aromatic carbocycles. The molecule has 0 saturated carbocycles. The number of nitriles is 1. The normalized spacial score (nSPS) is 11.4. The topological polar surface area (TPSA) is 83.0 Å². The minimum absolute atomic E-state index is 0.0204. The summed E-state index contributed by atoms with van der Waals surface area (Å²) in [7, 11) is 1.28. The second-order valence-electron chi connectivity index (χ2n) is 5.41. The van der Waals surface area contributed by atoms with E-state index < -0.39 is 11.8 Å². The van der Waals surface area contributed by atoms with Crippen molar-refractivity contribution in [1.29, 1.82) is 5.26 Å². The van der Waals surface area contributed by atoms with Gasteiger partial charge < -0.3 is 9.72 Å². The number of aromatic nitrogens is 1. The Morgan fingerprint density at radius 2 is 1.88 bits per heavy atom. The van der Waals surface area contributed by atoms with Crippen LogP contribution in [0.4, 0.5) is 0 Å². The molecule has 0 aliphatic carbocycles. The molecule has 0 aliphatic heterocycles. The number of benzene rings is 1. The van der Waals surface area contributed by atoms with Crippen LogP contribution in [0.3, 0.4) is 0 Å². The maximum Gasteiger partial charge on any atom is 0.339 e. The lowest BCUT2D eigenvalue weighted by atomic mass is 10.0. The fourth-order valence-corrected chi connectivity index (χ4v) is 2.50. The third-order valence-corrected chi connectivity index (χ3v) is 3.77. The van der Waals surface area contributed by atoms with E-state index in [4.69, 9.17) is 4.74 Å². The predicted octanol–water partition coefficient (Wildman–Crippen LogP) is 3.76. The molecule has 0 spiro atoms. The summed E-state index contributed by atoms with van der Waals surface area (Å²) in [5.41, 5.74) is 2.49. The van der Waals surface area contributed by atoms with Crippen LogP contribution in [0.1, 0.15) is 37.7 Å². The van der Waals surface area contributed by atoms with E-state index in [0.29, 0.717) is 16.8 Å². The van der Waals surface area contributed by atoms with Gasteiger partial charge >= 0.3 is 5.97 Å². The van der Waals surface area contributed by atoms with Crippen molar-refractivity contribution in [3.8, 4) is 6.07 Å². The van der Waals surface area contributed by atoms with Gasteiger partial charge in [-0.1, -0.05) is 42.5 Å². The Balaban J connectivity index is 2.32. The van der Waals surface area contributed by atoms with E-state index in [-0.39, 0.29) is 11.3 Å². The van der Waals surface area contributed by atoms with E-state index in [1.54, 1.807) is 26.0 Å². The lowest BCUT2D eigenvalue weighted by Crippen LogP contribution is -2.06. The number of hydrogen-bond acceptors (Lipinski definition) is 4. The van der Waals surface area contributed by atoms with Gasteiger partial charge in [-0.25, -0.2) is 4.79 Å². The zero-order valence-electron chi connectivity index (χ0n) is 14.3. The number of aryl methyl sites for hydroxylation is 1. The number of allylic oxidation sites excluding steroid dienone is 3. The summed E-state index contributed by atoms with van der Waals surface area (Å²) in [6, 6.07) is 11.5. The first-order chi connectivity index (χ1) is 12.0. The molecule has 0 unspecified atom stereocenters. The summed E-state index contributed by atoms with van der Waals surface area (Å²) in [6.45, 7) is 3.33. The number of carbonyl (C=O) groups excluding carboxylic acids is 2. The third-order valence-electron chi connectivity index (χ3n) is 3.77. The van der Waals surface area contributed by atoms with Gasteiger partial charge in [0.2, 0.25) is 5.78 Å². The van der Waals surface area contributed by atoms with Gasteiger partial charge in [-0.3, -0.25) is 4.79 Å². The van der Waals surface area contributed by atoms with Crippen LogP contribution in [0, 0.1) is 25.2 Å². The maximum atomic E-state index is 12.6. The van der Waals surface area contributed by atoms with Gasteiger partial charge in [-0.05, 0) is 31.1 Å². The van der Waals surface area contributed by atoms with Crippen molar-refractivity contribution in [3.63, 3.8) is 0 Å². The van der Waals surface area contributed by atoms with Crippen LogP contribution in [-0.4, -0.2) is 23.8 Å². The molecule has 25 heavy (non-hydrogen) atoms. The minimum atomic E-state index is -0.517. The van der Waals surface area contributed by atoms with Gasteiger partial charge in [-0.15, -0.1) is 0 Å². The number of methoxy groups -OCH3 is 1. The van der Waals surface area contributed by atoms with Crippen molar-refractivity contribution in [2.45, 2.75) is 13.8 Å².